The number of ether oxygens (including phenoxy) is 2. The number of aromatic carboxylic acids is 1. The van der Waals surface area contributed by atoms with E-state index in [1.807, 2.05) is 25.1 Å². The number of methoxy groups -OCH3 is 2. The van der Waals surface area contributed by atoms with Crippen molar-refractivity contribution < 1.29 is 19.4 Å². The lowest BCUT2D eigenvalue weighted by Gasteiger charge is -2.11. The van der Waals surface area contributed by atoms with Crippen LogP contribution in [0, 0.1) is 0 Å². The molecule has 0 fully saturated rings. The van der Waals surface area contributed by atoms with Gasteiger partial charge in [-0.2, -0.15) is 0 Å². The summed E-state index contributed by atoms with van der Waals surface area (Å²) in [7, 11) is 3.14. The number of fused-ring (bicyclic) bond motifs is 1. The molecule has 2 aromatic heterocycles. The highest BCUT2D eigenvalue weighted by Crippen LogP contribution is 2.32. The quantitative estimate of drug-likeness (QED) is 0.659. The molecule has 0 amide bonds. The summed E-state index contributed by atoms with van der Waals surface area (Å²) in [6.45, 7) is 1.97. The van der Waals surface area contributed by atoms with Crippen molar-refractivity contribution in [3.8, 4) is 11.5 Å². The maximum absolute atomic E-state index is 13.0. The molecule has 1 aromatic carbocycles. The molecule has 29 heavy (non-hydrogen) atoms. The van der Waals surface area contributed by atoms with Crippen LogP contribution in [0.1, 0.15) is 40.5 Å². The number of pyridine rings is 1. The Hall–Kier alpha value is -3.61. The molecule has 0 bridgehead atoms. The summed E-state index contributed by atoms with van der Waals surface area (Å²) in [6, 6.07) is 8.50. The lowest BCUT2D eigenvalue weighted by molar-refractivity contribution is 0.0696. The van der Waals surface area contributed by atoms with Gasteiger partial charge in [-0.05, 0) is 36.8 Å². The fraction of sp³-hybridized carbons (Fsp3) is 0.227. The number of hydrogen-bond acceptors (Lipinski definition) is 5. The minimum Gasteiger partial charge on any atom is -0.493 e. The fourth-order valence-corrected chi connectivity index (χ4v) is 3.15. The largest absolute Gasteiger partial charge is 0.493 e. The zero-order valence-corrected chi connectivity index (χ0v) is 16.5. The fourth-order valence-electron chi connectivity index (χ4n) is 3.15. The van der Waals surface area contributed by atoms with E-state index in [2.05, 4.69) is 4.98 Å². The van der Waals surface area contributed by atoms with E-state index in [-0.39, 0.29) is 11.1 Å². The molecular formula is C22H22N2O5. The third-order valence-electron chi connectivity index (χ3n) is 4.55. The van der Waals surface area contributed by atoms with E-state index in [0.29, 0.717) is 34.8 Å². The van der Waals surface area contributed by atoms with Gasteiger partial charge in [-0.1, -0.05) is 25.5 Å². The summed E-state index contributed by atoms with van der Waals surface area (Å²) in [4.78, 5) is 28.8. The van der Waals surface area contributed by atoms with Gasteiger partial charge in [0.05, 0.1) is 25.5 Å². The maximum Gasteiger partial charge on any atom is 0.337 e. The summed E-state index contributed by atoms with van der Waals surface area (Å²) < 4.78 is 12.1. The highest BCUT2D eigenvalue weighted by atomic mass is 16.5. The minimum atomic E-state index is -1.09. The van der Waals surface area contributed by atoms with Crippen LogP contribution < -0.4 is 15.0 Å². The van der Waals surface area contributed by atoms with Crippen LogP contribution in [-0.2, 0) is 6.42 Å². The van der Waals surface area contributed by atoms with Crippen molar-refractivity contribution in [1.29, 1.82) is 0 Å². The molecule has 1 N–H and O–H groups in total. The summed E-state index contributed by atoms with van der Waals surface area (Å²) in [6.07, 6.45) is 6.19. The number of para-hydroxylation sites is 1. The average Bonchev–Trinajstić information content (AvgIpc) is 2.73. The van der Waals surface area contributed by atoms with Gasteiger partial charge < -0.3 is 14.6 Å². The third-order valence-corrected chi connectivity index (χ3v) is 4.55. The zero-order valence-electron chi connectivity index (χ0n) is 16.5. The van der Waals surface area contributed by atoms with Crippen LogP contribution in [0.4, 0.5) is 0 Å². The van der Waals surface area contributed by atoms with E-state index in [1.54, 1.807) is 26.4 Å². The number of aromatic nitrogens is 2. The second-order valence-electron chi connectivity index (χ2n) is 6.40. The van der Waals surface area contributed by atoms with Gasteiger partial charge in [0.2, 0.25) is 0 Å². The predicted molar refractivity (Wildman–Crippen MR) is 111 cm³/mol. The number of nitrogens with zero attached hydrogens (tertiary/aromatic N) is 2. The second kappa shape index (κ2) is 8.60. The Morgan fingerprint density at radius 1 is 1.17 bits per heavy atom. The van der Waals surface area contributed by atoms with Crippen LogP contribution in [0.3, 0.4) is 0 Å². The lowest BCUT2D eigenvalue weighted by Crippen LogP contribution is -2.22. The predicted octanol–water partition coefficient (Wildman–Crippen LogP) is 3.53. The van der Waals surface area contributed by atoms with E-state index in [1.165, 1.54) is 22.7 Å². The Labute approximate surface area is 167 Å². The molecule has 0 spiro atoms. The van der Waals surface area contributed by atoms with Crippen LogP contribution >= 0.6 is 0 Å². The first-order valence-electron chi connectivity index (χ1n) is 9.17. The van der Waals surface area contributed by atoms with E-state index in [4.69, 9.17) is 9.47 Å². The molecule has 3 rings (SSSR count). The molecule has 150 valence electrons. The molecule has 0 atom stereocenters. The molecule has 0 unspecified atom stereocenters. The van der Waals surface area contributed by atoms with Crippen molar-refractivity contribution in [3.63, 3.8) is 0 Å². The van der Waals surface area contributed by atoms with Crippen LogP contribution in [0.2, 0.25) is 0 Å². The molecular weight excluding hydrogens is 372 g/mol. The smallest absolute Gasteiger partial charge is 0.337 e. The molecule has 2 heterocycles. The molecule has 7 nitrogen and oxygen atoms in total. The van der Waals surface area contributed by atoms with Gasteiger partial charge in [-0.25, -0.2) is 9.78 Å². The molecule has 3 aromatic rings. The first kappa shape index (κ1) is 20.1. The van der Waals surface area contributed by atoms with Gasteiger partial charge in [0.15, 0.2) is 11.5 Å². The summed E-state index contributed by atoms with van der Waals surface area (Å²) >= 11 is 0. The van der Waals surface area contributed by atoms with Crippen molar-refractivity contribution >= 4 is 23.8 Å². The minimum absolute atomic E-state index is 0.0354. The highest BCUT2D eigenvalue weighted by Gasteiger charge is 2.13. The monoisotopic (exact) mass is 394 g/mol. The topological polar surface area (TPSA) is 90.1 Å². The van der Waals surface area contributed by atoms with Gasteiger partial charge in [-0.3, -0.25) is 9.20 Å². The molecule has 0 aliphatic heterocycles. The molecule has 0 aliphatic carbocycles. The summed E-state index contributed by atoms with van der Waals surface area (Å²) in [5, 5.41) is 9.20. The van der Waals surface area contributed by atoms with Crippen molar-refractivity contribution in [1.82, 2.24) is 9.38 Å². The van der Waals surface area contributed by atoms with E-state index in [0.717, 1.165) is 12.0 Å². The van der Waals surface area contributed by atoms with Gasteiger partial charge in [0.1, 0.15) is 5.65 Å². The molecule has 0 radical (unpaired) electrons. The first-order chi connectivity index (χ1) is 14.0. The normalized spacial score (nSPS) is 11.1. The number of carbonyl (C=O) groups is 1. The first-order valence-corrected chi connectivity index (χ1v) is 9.17. The van der Waals surface area contributed by atoms with Crippen LogP contribution in [0.25, 0.3) is 17.8 Å². The van der Waals surface area contributed by atoms with Gasteiger partial charge in [0.25, 0.3) is 5.56 Å². The van der Waals surface area contributed by atoms with Crippen molar-refractivity contribution in [2.75, 3.05) is 14.2 Å². The number of hydrogen-bond donors (Lipinski definition) is 1. The third kappa shape index (κ3) is 3.99. The molecule has 0 saturated heterocycles. The zero-order chi connectivity index (χ0) is 21.0. The summed E-state index contributed by atoms with van der Waals surface area (Å²) in [5.74, 6) is 0.105. The lowest BCUT2D eigenvalue weighted by atomic mass is 10.1. The maximum atomic E-state index is 13.0. The number of carboxylic acids is 1. The van der Waals surface area contributed by atoms with E-state index >= 15 is 0 Å². The number of rotatable bonds is 7. The van der Waals surface area contributed by atoms with Gasteiger partial charge in [0, 0.05) is 17.3 Å². The highest BCUT2D eigenvalue weighted by molar-refractivity contribution is 5.87. The number of benzene rings is 1. The van der Waals surface area contributed by atoms with Crippen molar-refractivity contribution in [2.45, 2.75) is 19.8 Å². The second-order valence-corrected chi connectivity index (χ2v) is 6.40. The van der Waals surface area contributed by atoms with E-state index in [9.17, 15) is 14.7 Å². The Morgan fingerprint density at radius 2 is 1.97 bits per heavy atom. The van der Waals surface area contributed by atoms with Crippen LogP contribution in [0.5, 0.6) is 11.5 Å². The Kier molecular flexibility index (Phi) is 5.97. The van der Waals surface area contributed by atoms with Crippen molar-refractivity contribution in [3.05, 3.63) is 69.3 Å². The summed E-state index contributed by atoms with van der Waals surface area (Å²) in [5.41, 5.74) is 2.02. The van der Waals surface area contributed by atoms with Crippen LogP contribution in [-0.4, -0.2) is 34.7 Å². The average molecular weight is 394 g/mol. The number of carboxylic acid groups (broad SMARTS) is 1. The van der Waals surface area contributed by atoms with Crippen LogP contribution in [0.15, 0.2) is 41.3 Å². The SMILES string of the molecule is CCCc1c(/C=C/c2cccc(OC)c2OC)nc2ccc(C(=O)O)cn2c1=O. The molecule has 0 saturated carbocycles. The Morgan fingerprint density at radius 3 is 2.62 bits per heavy atom. The van der Waals surface area contributed by atoms with Gasteiger partial charge >= 0.3 is 5.97 Å². The van der Waals surface area contributed by atoms with E-state index < -0.39 is 5.97 Å². The van der Waals surface area contributed by atoms with Crippen molar-refractivity contribution in [2.24, 2.45) is 0 Å². The Balaban J connectivity index is 2.15. The Bertz CT molecular complexity index is 1150. The van der Waals surface area contributed by atoms with Gasteiger partial charge in [-0.15, -0.1) is 0 Å². The standard InChI is InChI=1S/C22H22N2O5/c1-4-6-16-17(11-9-14-7-5-8-18(28-2)20(14)29-3)23-19-12-10-15(22(26)27)13-24(19)21(16)25/h5,7-13H,4,6H2,1-3H3,(H,26,27)/b11-9+. The molecule has 0 aliphatic rings. The molecule has 7 heteroatoms.